The van der Waals surface area contributed by atoms with Gasteiger partial charge in [-0.2, -0.15) is 0 Å². The van der Waals surface area contributed by atoms with Gasteiger partial charge >= 0.3 is 5.97 Å². The number of H-pyrrole nitrogens is 1. The third-order valence-electron chi connectivity index (χ3n) is 6.67. The summed E-state index contributed by atoms with van der Waals surface area (Å²) in [7, 11) is 0. The van der Waals surface area contributed by atoms with Crippen LogP contribution < -0.4 is 5.32 Å². The van der Waals surface area contributed by atoms with Crippen molar-refractivity contribution >= 4 is 17.8 Å². The normalized spacial score (nSPS) is 23.1. The number of aliphatic hydroxyl groups is 1. The molecule has 1 atom stereocenters. The second-order valence-corrected chi connectivity index (χ2v) is 9.90. The van der Waals surface area contributed by atoms with Crippen LogP contribution >= 0.6 is 0 Å². The molecule has 2 saturated heterocycles. The summed E-state index contributed by atoms with van der Waals surface area (Å²) in [4.78, 5) is 42.1. The minimum absolute atomic E-state index is 0.0934. The first-order chi connectivity index (χ1) is 18.7. The highest BCUT2D eigenvalue weighted by molar-refractivity contribution is 5.83. The number of hydrogen-bond acceptors (Lipinski definition) is 9. The van der Waals surface area contributed by atoms with E-state index in [1.165, 1.54) is 18.3 Å². The summed E-state index contributed by atoms with van der Waals surface area (Å²) in [6, 6.07) is 7.50. The number of rotatable bonds is 8. The smallest absolute Gasteiger partial charge is 0.305 e. The van der Waals surface area contributed by atoms with Crippen molar-refractivity contribution in [2.24, 2.45) is 5.41 Å². The monoisotopic (exact) mass is 540 g/mol. The van der Waals surface area contributed by atoms with Gasteiger partial charge in [-0.3, -0.25) is 9.59 Å². The molecule has 2 aliphatic rings. The van der Waals surface area contributed by atoms with E-state index in [1.807, 2.05) is 0 Å². The van der Waals surface area contributed by atoms with Crippen LogP contribution in [0.4, 0.5) is 10.3 Å². The molecule has 2 fully saturated rings. The molecular weight excluding hydrogens is 511 g/mol. The molecule has 0 spiro atoms. The molecule has 13 heteroatoms. The Bertz CT molecular complexity index is 1340. The molecule has 2 aliphatic heterocycles. The number of carboxylic acid groups (broad SMARTS) is 1. The number of aliphatic carboxylic acids is 1. The number of carboxylic acids is 1. The molecule has 2 aromatic heterocycles. The Kier molecular flexibility index (Phi) is 7.55. The van der Waals surface area contributed by atoms with Crippen molar-refractivity contribution in [3.63, 3.8) is 0 Å². The lowest BCUT2D eigenvalue weighted by atomic mass is 9.90. The highest BCUT2D eigenvalue weighted by Crippen LogP contribution is 2.36. The molecule has 4 heterocycles. The third-order valence-corrected chi connectivity index (χ3v) is 6.67. The van der Waals surface area contributed by atoms with Gasteiger partial charge in [0.15, 0.2) is 5.82 Å². The standard InChI is InChI=1S/C26H29FN6O6/c1-26(24(37)33-11-8-17(34)12-33)13-38-23(39-14-26)22-31-20(15-2-4-16(27)5-3-15)21(32-22)18-6-9-28-25(30-18)29-10-7-19(35)36/h2-6,9,17,23,34H,7-8,10-14H2,1H3,(H,31,32)(H,35,36)(H,28,29,30). The molecule has 0 aliphatic carbocycles. The van der Waals surface area contributed by atoms with Gasteiger partial charge < -0.3 is 34.9 Å². The highest BCUT2D eigenvalue weighted by atomic mass is 19.1. The van der Waals surface area contributed by atoms with E-state index in [2.05, 4.69) is 20.3 Å². The van der Waals surface area contributed by atoms with E-state index in [0.29, 0.717) is 48.0 Å². The third kappa shape index (κ3) is 5.90. The van der Waals surface area contributed by atoms with E-state index in [0.717, 1.165) is 0 Å². The Hall–Kier alpha value is -3.94. The number of amides is 1. The van der Waals surface area contributed by atoms with Gasteiger partial charge in [-0.25, -0.2) is 19.3 Å². The summed E-state index contributed by atoms with van der Waals surface area (Å²) in [5.41, 5.74) is 1.16. The molecule has 0 saturated carbocycles. The number of nitrogens with one attached hydrogen (secondary N) is 2. The van der Waals surface area contributed by atoms with Crippen molar-refractivity contribution in [2.45, 2.75) is 32.2 Å². The second-order valence-electron chi connectivity index (χ2n) is 9.90. The van der Waals surface area contributed by atoms with Crippen molar-refractivity contribution < 1.29 is 33.7 Å². The van der Waals surface area contributed by atoms with Gasteiger partial charge in [0.05, 0.1) is 48.2 Å². The lowest BCUT2D eigenvalue weighted by molar-refractivity contribution is -0.234. The number of benzene rings is 1. The summed E-state index contributed by atoms with van der Waals surface area (Å²) in [6.45, 7) is 2.90. The fraction of sp³-hybridized carbons (Fsp3) is 0.423. The first-order valence-corrected chi connectivity index (χ1v) is 12.6. The molecule has 39 heavy (non-hydrogen) atoms. The number of aromatic nitrogens is 4. The summed E-state index contributed by atoms with van der Waals surface area (Å²) in [5.74, 6) is -0.889. The van der Waals surface area contributed by atoms with Crippen molar-refractivity contribution in [2.75, 3.05) is 38.2 Å². The number of nitrogens with zero attached hydrogens (tertiary/aromatic N) is 4. The Morgan fingerprint density at radius 3 is 2.62 bits per heavy atom. The van der Waals surface area contributed by atoms with E-state index >= 15 is 0 Å². The van der Waals surface area contributed by atoms with Crippen LogP contribution in [-0.2, 0) is 19.1 Å². The number of halogens is 1. The minimum Gasteiger partial charge on any atom is -0.481 e. The Balaban J connectivity index is 1.39. The Morgan fingerprint density at radius 2 is 1.95 bits per heavy atom. The zero-order valence-corrected chi connectivity index (χ0v) is 21.3. The van der Waals surface area contributed by atoms with Crippen molar-refractivity contribution in [1.29, 1.82) is 0 Å². The summed E-state index contributed by atoms with van der Waals surface area (Å²) < 4.78 is 25.6. The molecule has 0 bridgehead atoms. The van der Waals surface area contributed by atoms with Crippen molar-refractivity contribution in [1.82, 2.24) is 24.8 Å². The molecule has 1 amide bonds. The number of β-amino-alcohol motifs (C(OH)–C–C–N with tert-alkyl or cyclic N) is 1. The molecule has 12 nitrogen and oxygen atoms in total. The molecule has 206 valence electrons. The average molecular weight is 541 g/mol. The maximum absolute atomic E-state index is 13.6. The predicted molar refractivity (Wildman–Crippen MR) is 136 cm³/mol. The van der Waals surface area contributed by atoms with Gasteiger partial charge in [-0.05, 0) is 43.7 Å². The van der Waals surface area contributed by atoms with Crippen molar-refractivity contribution in [3.05, 3.63) is 48.2 Å². The number of aliphatic hydroxyl groups excluding tert-OH is 1. The molecule has 1 unspecified atom stereocenters. The van der Waals surface area contributed by atoms with Gasteiger partial charge in [0.1, 0.15) is 5.82 Å². The molecule has 4 N–H and O–H groups in total. The van der Waals surface area contributed by atoms with Crippen LogP contribution in [0.2, 0.25) is 0 Å². The number of imidazole rings is 1. The maximum atomic E-state index is 13.6. The lowest BCUT2D eigenvalue weighted by Crippen LogP contribution is -2.49. The zero-order chi connectivity index (χ0) is 27.6. The lowest BCUT2D eigenvalue weighted by Gasteiger charge is -2.37. The van der Waals surface area contributed by atoms with E-state index in [1.54, 1.807) is 30.0 Å². The van der Waals surface area contributed by atoms with Gasteiger partial charge in [0, 0.05) is 31.4 Å². The SMILES string of the molecule is CC1(C(=O)N2CCC(O)C2)COC(c2nc(-c3ccc(F)cc3)c(-c3ccnc(NCCC(=O)O)n3)[nH]2)OC1. The number of carbonyl (C=O) groups is 2. The fourth-order valence-electron chi connectivity index (χ4n) is 4.57. The molecular formula is C26H29FN6O6. The van der Waals surface area contributed by atoms with Crippen LogP contribution in [0, 0.1) is 11.2 Å². The van der Waals surface area contributed by atoms with Gasteiger partial charge in [0.2, 0.25) is 18.1 Å². The van der Waals surface area contributed by atoms with E-state index < -0.39 is 29.6 Å². The number of hydrogen-bond donors (Lipinski definition) is 4. The zero-order valence-electron chi connectivity index (χ0n) is 21.3. The fourth-order valence-corrected chi connectivity index (χ4v) is 4.57. The van der Waals surface area contributed by atoms with Crippen LogP contribution in [-0.4, -0.2) is 85.9 Å². The van der Waals surface area contributed by atoms with Crippen LogP contribution in [0.1, 0.15) is 31.9 Å². The van der Waals surface area contributed by atoms with Crippen LogP contribution in [0.15, 0.2) is 36.5 Å². The predicted octanol–water partition coefficient (Wildman–Crippen LogP) is 2.20. The Labute approximate surface area is 223 Å². The van der Waals surface area contributed by atoms with Gasteiger partial charge in [0.25, 0.3) is 0 Å². The summed E-state index contributed by atoms with van der Waals surface area (Å²) >= 11 is 0. The van der Waals surface area contributed by atoms with Crippen LogP contribution in [0.5, 0.6) is 0 Å². The van der Waals surface area contributed by atoms with Crippen molar-refractivity contribution in [3.8, 4) is 22.6 Å². The van der Waals surface area contributed by atoms with E-state index in [-0.39, 0.29) is 38.0 Å². The number of aromatic amines is 1. The second kappa shape index (κ2) is 11.0. The topological polar surface area (TPSA) is 163 Å². The Morgan fingerprint density at radius 1 is 1.21 bits per heavy atom. The first kappa shape index (κ1) is 26.7. The molecule has 1 aromatic carbocycles. The highest BCUT2D eigenvalue weighted by Gasteiger charge is 2.44. The molecule has 3 aromatic rings. The summed E-state index contributed by atoms with van der Waals surface area (Å²) in [6.07, 6.45) is 0.571. The summed E-state index contributed by atoms with van der Waals surface area (Å²) in [5, 5.41) is 21.6. The largest absolute Gasteiger partial charge is 0.481 e. The number of ether oxygens (including phenoxy) is 2. The molecule has 5 rings (SSSR count). The van der Waals surface area contributed by atoms with Crippen LogP contribution in [0.25, 0.3) is 22.6 Å². The number of anilines is 1. The maximum Gasteiger partial charge on any atom is 0.305 e. The number of carbonyl (C=O) groups excluding carboxylic acids is 1. The number of likely N-dealkylation sites (tertiary alicyclic amines) is 1. The molecule has 0 radical (unpaired) electrons. The van der Waals surface area contributed by atoms with Gasteiger partial charge in [-0.1, -0.05) is 0 Å². The van der Waals surface area contributed by atoms with Gasteiger partial charge in [-0.15, -0.1) is 0 Å². The van der Waals surface area contributed by atoms with Crippen LogP contribution in [0.3, 0.4) is 0 Å². The van der Waals surface area contributed by atoms with E-state index in [9.17, 15) is 19.1 Å². The quantitative estimate of drug-likeness (QED) is 0.333. The average Bonchev–Trinajstić information content (AvgIpc) is 3.56. The van der Waals surface area contributed by atoms with E-state index in [4.69, 9.17) is 19.6 Å². The first-order valence-electron chi connectivity index (χ1n) is 12.6. The minimum atomic E-state index is -0.946.